The minimum absolute atomic E-state index is 0.0115. The van der Waals surface area contributed by atoms with E-state index in [0.717, 1.165) is 16.7 Å². The quantitative estimate of drug-likeness (QED) is 0.607. The summed E-state index contributed by atoms with van der Waals surface area (Å²) in [7, 11) is 1.59. The number of carbonyl (C=O) groups excluding carboxylic acids is 1. The highest BCUT2D eigenvalue weighted by Crippen LogP contribution is 2.29. The van der Waals surface area contributed by atoms with Crippen LogP contribution in [-0.4, -0.2) is 26.2 Å². The SMILES string of the molecule is C#CCOc1ccc(CCNC(=O)C(c2ccc(C)cc2)C(C)CC#C)cc1OC. The molecule has 2 aromatic carbocycles. The molecule has 0 radical (unpaired) electrons. The average Bonchev–Trinajstić information content (AvgIpc) is 2.74. The van der Waals surface area contributed by atoms with Gasteiger partial charge in [0.05, 0.1) is 13.0 Å². The summed E-state index contributed by atoms with van der Waals surface area (Å²) in [5.41, 5.74) is 3.17. The van der Waals surface area contributed by atoms with Crippen molar-refractivity contribution in [2.24, 2.45) is 5.92 Å². The third-order valence-corrected chi connectivity index (χ3v) is 4.98. The molecule has 0 spiro atoms. The van der Waals surface area contributed by atoms with Gasteiger partial charge in [-0.1, -0.05) is 48.7 Å². The summed E-state index contributed by atoms with van der Waals surface area (Å²) < 4.78 is 10.8. The third kappa shape index (κ3) is 6.33. The number of nitrogens with one attached hydrogen (secondary N) is 1. The van der Waals surface area contributed by atoms with E-state index in [1.165, 1.54) is 0 Å². The van der Waals surface area contributed by atoms with Crippen molar-refractivity contribution in [3.05, 3.63) is 59.2 Å². The highest BCUT2D eigenvalue weighted by atomic mass is 16.5. The molecule has 2 rings (SSSR count). The zero-order chi connectivity index (χ0) is 21.9. The first kappa shape index (κ1) is 22.9. The Balaban J connectivity index is 2.04. The molecule has 156 valence electrons. The molecule has 0 bridgehead atoms. The topological polar surface area (TPSA) is 47.6 Å². The van der Waals surface area contributed by atoms with Crippen molar-refractivity contribution in [1.29, 1.82) is 0 Å². The molecule has 4 nitrogen and oxygen atoms in total. The molecule has 0 aromatic heterocycles. The van der Waals surface area contributed by atoms with Gasteiger partial charge in [0.25, 0.3) is 0 Å². The lowest BCUT2D eigenvalue weighted by molar-refractivity contribution is -0.123. The fourth-order valence-electron chi connectivity index (χ4n) is 3.36. The second-order valence-electron chi connectivity index (χ2n) is 7.29. The van der Waals surface area contributed by atoms with Gasteiger partial charge in [0.2, 0.25) is 5.91 Å². The Labute approximate surface area is 180 Å². The number of ether oxygens (including phenoxy) is 2. The van der Waals surface area contributed by atoms with E-state index in [2.05, 4.69) is 17.2 Å². The van der Waals surface area contributed by atoms with Gasteiger partial charge in [-0.2, -0.15) is 0 Å². The summed E-state index contributed by atoms with van der Waals surface area (Å²) in [5.74, 6) is 6.09. The molecule has 0 aliphatic carbocycles. The molecule has 2 atom stereocenters. The van der Waals surface area contributed by atoms with E-state index in [4.69, 9.17) is 22.3 Å². The van der Waals surface area contributed by atoms with E-state index in [1.807, 2.05) is 56.3 Å². The maximum atomic E-state index is 13.0. The smallest absolute Gasteiger partial charge is 0.227 e. The van der Waals surface area contributed by atoms with Crippen molar-refractivity contribution in [2.45, 2.75) is 32.6 Å². The van der Waals surface area contributed by atoms with Crippen LogP contribution in [0.1, 0.15) is 36.0 Å². The molecule has 1 N–H and O–H groups in total. The maximum absolute atomic E-state index is 13.0. The molecule has 0 saturated carbocycles. The van der Waals surface area contributed by atoms with E-state index >= 15 is 0 Å². The first-order valence-electron chi connectivity index (χ1n) is 10.0. The van der Waals surface area contributed by atoms with E-state index in [1.54, 1.807) is 7.11 Å². The summed E-state index contributed by atoms with van der Waals surface area (Å²) in [6, 6.07) is 13.7. The maximum Gasteiger partial charge on any atom is 0.227 e. The lowest BCUT2D eigenvalue weighted by Crippen LogP contribution is -2.34. The van der Waals surface area contributed by atoms with Gasteiger partial charge in [0.15, 0.2) is 11.5 Å². The molecular weight excluding hydrogens is 374 g/mol. The third-order valence-electron chi connectivity index (χ3n) is 4.98. The van der Waals surface area contributed by atoms with Gasteiger partial charge in [-0.25, -0.2) is 0 Å². The van der Waals surface area contributed by atoms with E-state index < -0.39 is 0 Å². The van der Waals surface area contributed by atoms with Crippen LogP contribution in [-0.2, 0) is 11.2 Å². The van der Waals surface area contributed by atoms with Gasteiger partial charge in [-0.05, 0) is 42.5 Å². The summed E-state index contributed by atoms with van der Waals surface area (Å²) >= 11 is 0. The number of amides is 1. The van der Waals surface area contributed by atoms with Crippen LogP contribution in [0.4, 0.5) is 0 Å². The van der Waals surface area contributed by atoms with Gasteiger partial charge >= 0.3 is 0 Å². The monoisotopic (exact) mass is 403 g/mol. The van der Waals surface area contributed by atoms with Gasteiger partial charge in [-0.3, -0.25) is 4.79 Å². The number of rotatable bonds is 10. The summed E-state index contributed by atoms with van der Waals surface area (Å²) in [5, 5.41) is 3.06. The van der Waals surface area contributed by atoms with Crippen molar-refractivity contribution >= 4 is 5.91 Å². The van der Waals surface area contributed by atoms with Crippen LogP contribution < -0.4 is 14.8 Å². The molecule has 2 unspecified atom stereocenters. The van der Waals surface area contributed by atoms with Gasteiger partial charge < -0.3 is 14.8 Å². The van der Waals surface area contributed by atoms with Gasteiger partial charge in [-0.15, -0.1) is 18.8 Å². The summed E-state index contributed by atoms with van der Waals surface area (Å²) in [4.78, 5) is 13.0. The molecule has 1 amide bonds. The number of carbonyl (C=O) groups is 1. The van der Waals surface area contributed by atoms with Crippen molar-refractivity contribution < 1.29 is 14.3 Å². The molecule has 2 aromatic rings. The molecule has 0 aliphatic heterocycles. The van der Waals surface area contributed by atoms with Crippen molar-refractivity contribution in [3.63, 3.8) is 0 Å². The number of aryl methyl sites for hydroxylation is 1. The van der Waals surface area contributed by atoms with Crippen LogP contribution in [0.3, 0.4) is 0 Å². The molecule has 0 saturated heterocycles. The Hall–Kier alpha value is -3.37. The Bertz CT molecular complexity index is 919. The zero-order valence-electron chi connectivity index (χ0n) is 17.9. The number of hydrogen-bond acceptors (Lipinski definition) is 3. The second-order valence-corrected chi connectivity index (χ2v) is 7.29. The molecule has 4 heteroatoms. The predicted molar refractivity (Wildman–Crippen MR) is 121 cm³/mol. The van der Waals surface area contributed by atoms with E-state index in [9.17, 15) is 4.79 Å². The standard InChI is InChI=1S/C26H29NO3/c1-6-8-20(4)25(22-12-9-19(3)10-13-22)26(28)27-16-15-21-11-14-23(30-17-7-2)24(18-21)29-5/h1-2,9-14,18,20,25H,8,15-17H2,3-5H3,(H,27,28). The largest absolute Gasteiger partial charge is 0.493 e. The number of terminal acetylenes is 2. The van der Waals surface area contributed by atoms with Crippen LogP contribution in [0, 0.1) is 37.5 Å². The fourth-order valence-corrected chi connectivity index (χ4v) is 3.36. The molecule has 0 heterocycles. The highest BCUT2D eigenvalue weighted by Gasteiger charge is 2.26. The predicted octanol–water partition coefficient (Wildman–Crippen LogP) is 4.12. The minimum Gasteiger partial charge on any atom is -0.493 e. The first-order valence-corrected chi connectivity index (χ1v) is 10.0. The van der Waals surface area contributed by atoms with Crippen LogP contribution in [0.2, 0.25) is 0 Å². The van der Waals surface area contributed by atoms with Crippen LogP contribution >= 0.6 is 0 Å². The summed E-state index contributed by atoms with van der Waals surface area (Å²) in [6.45, 7) is 4.74. The first-order chi connectivity index (χ1) is 14.5. The normalized spacial score (nSPS) is 12.2. The van der Waals surface area contributed by atoms with Crippen molar-refractivity contribution in [2.75, 3.05) is 20.3 Å². The van der Waals surface area contributed by atoms with Crippen LogP contribution in [0.25, 0.3) is 0 Å². The zero-order valence-corrected chi connectivity index (χ0v) is 17.9. The van der Waals surface area contributed by atoms with Crippen LogP contribution in [0.15, 0.2) is 42.5 Å². The van der Waals surface area contributed by atoms with E-state index in [0.29, 0.717) is 30.9 Å². The Morgan fingerprint density at radius 3 is 2.47 bits per heavy atom. The van der Waals surface area contributed by atoms with Gasteiger partial charge in [0.1, 0.15) is 6.61 Å². The fraction of sp³-hybridized carbons (Fsp3) is 0.346. The molecular formula is C26H29NO3. The Morgan fingerprint density at radius 1 is 1.10 bits per heavy atom. The van der Waals surface area contributed by atoms with Crippen molar-refractivity contribution in [1.82, 2.24) is 5.32 Å². The number of benzene rings is 2. The van der Waals surface area contributed by atoms with Crippen LogP contribution in [0.5, 0.6) is 11.5 Å². The lowest BCUT2D eigenvalue weighted by Gasteiger charge is -2.22. The Morgan fingerprint density at radius 2 is 1.83 bits per heavy atom. The van der Waals surface area contributed by atoms with E-state index in [-0.39, 0.29) is 24.3 Å². The Kier molecular flexibility index (Phi) is 8.85. The highest BCUT2D eigenvalue weighted by molar-refractivity contribution is 5.84. The lowest BCUT2D eigenvalue weighted by atomic mass is 9.84. The van der Waals surface area contributed by atoms with Gasteiger partial charge in [0, 0.05) is 13.0 Å². The number of hydrogen-bond donors (Lipinski definition) is 1. The molecule has 0 fully saturated rings. The summed E-state index contributed by atoms with van der Waals surface area (Å²) in [6.07, 6.45) is 12.0. The second kappa shape index (κ2) is 11.6. The number of methoxy groups -OCH3 is 1. The van der Waals surface area contributed by atoms with Crippen molar-refractivity contribution in [3.8, 4) is 36.2 Å². The average molecular weight is 404 g/mol. The molecule has 0 aliphatic rings. The molecule has 30 heavy (non-hydrogen) atoms. The minimum atomic E-state index is -0.282.